The minimum Gasteiger partial charge on any atom is -0.478 e. The highest BCUT2D eigenvalue weighted by Crippen LogP contribution is 2.19. The molecule has 0 aliphatic rings. The predicted molar refractivity (Wildman–Crippen MR) is 79.5 cm³/mol. The summed E-state index contributed by atoms with van der Waals surface area (Å²) in [6.45, 7) is 7.47. The highest BCUT2D eigenvalue weighted by atomic mass is 16.5. The summed E-state index contributed by atoms with van der Waals surface area (Å²) in [5.41, 5.74) is 1.09. The molecule has 5 nitrogen and oxygen atoms in total. The Hall–Kier alpha value is -1.62. The van der Waals surface area contributed by atoms with Gasteiger partial charge < -0.3 is 14.7 Å². The number of rotatable bonds is 8. The summed E-state index contributed by atoms with van der Waals surface area (Å²) in [6, 6.07) is 3.56. The van der Waals surface area contributed by atoms with Crippen LogP contribution in [0, 0.1) is 0 Å². The van der Waals surface area contributed by atoms with Crippen LogP contribution >= 0.6 is 0 Å². The molecule has 0 radical (unpaired) electrons. The number of anilines is 1. The summed E-state index contributed by atoms with van der Waals surface area (Å²) in [4.78, 5) is 17.9. The van der Waals surface area contributed by atoms with Gasteiger partial charge in [-0.05, 0) is 31.9 Å². The molecule has 0 saturated heterocycles. The first kappa shape index (κ1) is 16.4. The number of carbonyl (C=O) groups is 1. The zero-order chi connectivity index (χ0) is 15.1. The topological polar surface area (TPSA) is 62.7 Å². The van der Waals surface area contributed by atoms with Gasteiger partial charge in [0.1, 0.15) is 5.82 Å². The number of aryl methyl sites for hydroxylation is 1. The van der Waals surface area contributed by atoms with Gasteiger partial charge in [-0.25, -0.2) is 9.78 Å². The van der Waals surface area contributed by atoms with Gasteiger partial charge in [0.05, 0.1) is 12.2 Å². The largest absolute Gasteiger partial charge is 0.478 e. The average molecular weight is 280 g/mol. The molecule has 1 rings (SSSR count). The zero-order valence-corrected chi connectivity index (χ0v) is 12.7. The van der Waals surface area contributed by atoms with Crippen LogP contribution in [0.4, 0.5) is 5.82 Å². The smallest absolute Gasteiger partial charge is 0.335 e. The Labute approximate surface area is 120 Å². The first-order valence-corrected chi connectivity index (χ1v) is 7.03. The summed E-state index contributed by atoms with van der Waals surface area (Å²) in [5, 5.41) is 9.21. The molecule has 1 heterocycles. The van der Waals surface area contributed by atoms with Crippen LogP contribution in [0.25, 0.3) is 0 Å². The van der Waals surface area contributed by atoms with Crippen LogP contribution in [0.3, 0.4) is 0 Å². The minimum absolute atomic E-state index is 0.284. The van der Waals surface area contributed by atoms with Gasteiger partial charge >= 0.3 is 5.97 Å². The number of hydrogen-bond donors (Lipinski definition) is 1. The van der Waals surface area contributed by atoms with Gasteiger partial charge in [0.15, 0.2) is 0 Å². The Bertz CT molecular complexity index is 449. The average Bonchev–Trinajstić information content (AvgIpc) is 2.46. The van der Waals surface area contributed by atoms with Gasteiger partial charge in [-0.1, -0.05) is 13.8 Å². The fourth-order valence-corrected chi connectivity index (χ4v) is 1.99. The predicted octanol–water partition coefficient (Wildman–Crippen LogP) is 2.59. The molecule has 1 atom stereocenters. The van der Waals surface area contributed by atoms with Crippen molar-refractivity contribution >= 4 is 11.8 Å². The van der Waals surface area contributed by atoms with E-state index in [9.17, 15) is 9.90 Å². The van der Waals surface area contributed by atoms with Crippen LogP contribution in [-0.4, -0.2) is 42.4 Å². The number of hydrogen-bond acceptors (Lipinski definition) is 4. The molecule has 0 saturated carbocycles. The normalized spacial score (nSPS) is 12.2. The maximum absolute atomic E-state index is 11.2. The number of aromatic carboxylic acids is 1. The molecule has 0 aliphatic heterocycles. The second-order valence-electron chi connectivity index (χ2n) is 4.81. The van der Waals surface area contributed by atoms with Crippen LogP contribution in [0.1, 0.15) is 43.2 Å². The van der Waals surface area contributed by atoms with Crippen molar-refractivity contribution in [3.8, 4) is 0 Å². The van der Waals surface area contributed by atoms with E-state index in [0.29, 0.717) is 25.4 Å². The molecule has 0 aliphatic carbocycles. The number of nitrogens with zero attached hydrogens (tertiary/aromatic N) is 2. The van der Waals surface area contributed by atoms with E-state index in [1.54, 1.807) is 19.2 Å². The lowest BCUT2D eigenvalue weighted by atomic mass is 10.1. The number of methoxy groups -OCH3 is 1. The Balaban J connectivity index is 3.16. The lowest BCUT2D eigenvalue weighted by Gasteiger charge is -2.30. The fraction of sp³-hybridized carbons (Fsp3) is 0.600. The maximum atomic E-state index is 11.2. The molecular formula is C15H24N2O3. The van der Waals surface area contributed by atoms with Crippen LogP contribution in [0.2, 0.25) is 0 Å². The SMILES string of the molecule is CCc1cc(C(=O)O)cc(N(CCOC)C(C)CC)n1. The number of ether oxygens (including phenoxy) is 1. The van der Waals surface area contributed by atoms with E-state index in [0.717, 1.165) is 12.1 Å². The molecule has 0 amide bonds. The lowest BCUT2D eigenvalue weighted by molar-refractivity contribution is 0.0696. The molecule has 1 unspecified atom stereocenters. The van der Waals surface area contributed by atoms with E-state index in [4.69, 9.17) is 4.74 Å². The van der Waals surface area contributed by atoms with E-state index < -0.39 is 5.97 Å². The van der Waals surface area contributed by atoms with Gasteiger partial charge in [-0.3, -0.25) is 0 Å². The summed E-state index contributed by atoms with van der Waals surface area (Å²) < 4.78 is 5.14. The molecule has 0 bridgehead atoms. The van der Waals surface area contributed by atoms with Crippen molar-refractivity contribution in [3.63, 3.8) is 0 Å². The molecule has 20 heavy (non-hydrogen) atoms. The molecule has 112 valence electrons. The van der Waals surface area contributed by atoms with E-state index in [-0.39, 0.29) is 11.6 Å². The van der Waals surface area contributed by atoms with Crippen LogP contribution in [0.15, 0.2) is 12.1 Å². The third-order valence-corrected chi connectivity index (χ3v) is 3.43. The van der Waals surface area contributed by atoms with Gasteiger partial charge in [-0.2, -0.15) is 0 Å². The number of carboxylic acids is 1. The lowest BCUT2D eigenvalue weighted by Crippen LogP contribution is -2.36. The molecule has 1 aromatic rings. The third-order valence-electron chi connectivity index (χ3n) is 3.43. The van der Waals surface area contributed by atoms with Gasteiger partial charge in [0.2, 0.25) is 0 Å². The summed E-state index contributed by atoms with van der Waals surface area (Å²) >= 11 is 0. The third kappa shape index (κ3) is 4.20. The summed E-state index contributed by atoms with van der Waals surface area (Å²) in [7, 11) is 1.66. The number of carboxylic acid groups (broad SMARTS) is 1. The monoisotopic (exact) mass is 280 g/mol. The first-order chi connectivity index (χ1) is 9.53. The van der Waals surface area contributed by atoms with Gasteiger partial charge in [-0.15, -0.1) is 0 Å². The molecular weight excluding hydrogens is 256 g/mol. The van der Waals surface area contributed by atoms with Crippen molar-refractivity contribution in [2.75, 3.05) is 25.2 Å². The Kier molecular flexibility index (Phi) is 6.45. The van der Waals surface area contributed by atoms with Crippen molar-refractivity contribution in [2.24, 2.45) is 0 Å². The minimum atomic E-state index is -0.917. The second-order valence-corrected chi connectivity index (χ2v) is 4.81. The fourth-order valence-electron chi connectivity index (χ4n) is 1.99. The standard InChI is InChI=1S/C15H24N2O3/c1-5-11(3)17(7-8-20-4)14-10-12(15(18)19)9-13(6-2)16-14/h9-11H,5-8H2,1-4H3,(H,18,19). The Morgan fingerprint density at radius 1 is 1.45 bits per heavy atom. The van der Waals surface area contributed by atoms with Crippen molar-refractivity contribution in [2.45, 2.75) is 39.7 Å². The Morgan fingerprint density at radius 2 is 2.15 bits per heavy atom. The number of aromatic nitrogens is 1. The molecule has 0 spiro atoms. The molecule has 1 N–H and O–H groups in total. The highest BCUT2D eigenvalue weighted by molar-refractivity contribution is 5.88. The Morgan fingerprint density at radius 3 is 2.65 bits per heavy atom. The first-order valence-electron chi connectivity index (χ1n) is 7.03. The quantitative estimate of drug-likeness (QED) is 0.793. The van der Waals surface area contributed by atoms with E-state index in [1.807, 2.05) is 6.92 Å². The highest BCUT2D eigenvalue weighted by Gasteiger charge is 2.17. The zero-order valence-electron chi connectivity index (χ0n) is 12.7. The van der Waals surface area contributed by atoms with E-state index in [1.165, 1.54) is 0 Å². The summed E-state index contributed by atoms with van der Waals surface area (Å²) in [5.74, 6) is -0.202. The molecule has 0 aromatic carbocycles. The van der Waals surface area contributed by atoms with Gasteiger partial charge in [0, 0.05) is 25.4 Å². The van der Waals surface area contributed by atoms with Gasteiger partial charge in [0.25, 0.3) is 0 Å². The van der Waals surface area contributed by atoms with E-state index >= 15 is 0 Å². The number of pyridine rings is 1. The molecule has 0 fully saturated rings. The summed E-state index contributed by atoms with van der Waals surface area (Å²) in [6.07, 6.45) is 1.68. The van der Waals surface area contributed by atoms with Crippen molar-refractivity contribution < 1.29 is 14.6 Å². The van der Waals surface area contributed by atoms with Crippen LogP contribution in [-0.2, 0) is 11.2 Å². The van der Waals surface area contributed by atoms with Crippen molar-refractivity contribution in [1.29, 1.82) is 0 Å². The van der Waals surface area contributed by atoms with Crippen molar-refractivity contribution in [1.82, 2.24) is 4.98 Å². The second kappa shape index (κ2) is 7.85. The van der Waals surface area contributed by atoms with Crippen LogP contribution < -0.4 is 4.90 Å². The van der Waals surface area contributed by atoms with E-state index in [2.05, 4.69) is 23.7 Å². The maximum Gasteiger partial charge on any atom is 0.335 e. The molecule has 1 aromatic heterocycles. The van der Waals surface area contributed by atoms with Crippen LogP contribution in [0.5, 0.6) is 0 Å². The van der Waals surface area contributed by atoms with Crippen molar-refractivity contribution in [3.05, 3.63) is 23.4 Å². The molecule has 5 heteroatoms.